The molecule has 0 aliphatic carbocycles. The number of aromatic nitrogens is 8. The van der Waals surface area contributed by atoms with Crippen LogP contribution in [0.2, 0.25) is 0 Å². The van der Waals surface area contributed by atoms with Crippen molar-refractivity contribution in [2.75, 3.05) is 24.6 Å². The minimum absolute atomic E-state index is 0.0931. The van der Waals surface area contributed by atoms with Gasteiger partial charge < -0.3 is 35.1 Å². The number of fused-ring (bicyclic) bond motifs is 4. The lowest BCUT2D eigenvalue weighted by Gasteiger charge is -2.30. The van der Waals surface area contributed by atoms with Crippen LogP contribution in [0.3, 0.4) is 0 Å². The van der Waals surface area contributed by atoms with E-state index in [1.54, 1.807) is 0 Å². The zero-order valence-corrected chi connectivity index (χ0v) is 25.4. The maximum atomic E-state index is 16.0. The summed E-state index contributed by atoms with van der Waals surface area (Å²) in [5.74, 6) is 0.219. The van der Waals surface area contributed by atoms with Crippen molar-refractivity contribution in [3.63, 3.8) is 0 Å². The van der Waals surface area contributed by atoms with Gasteiger partial charge in [-0.25, -0.2) is 39.4 Å². The number of aliphatic hydroxyl groups excluding tert-OH is 1. The van der Waals surface area contributed by atoms with E-state index in [0.29, 0.717) is 0 Å². The molecule has 7 heterocycles. The van der Waals surface area contributed by atoms with Gasteiger partial charge in [0.15, 0.2) is 41.6 Å². The van der Waals surface area contributed by atoms with Crippen LogP contribution in [0.15, 0.2) is 25.3 Å². The SMILES string of the molecule is BP1(=O)NC[C@H]2O[C@@H](n3cnc4c(N)ncnc43)C(F)C2OP(=O)(S)NC[C@H]2O[C@@H](n3cnc4c(N)ncnc43)C(O)C2O1. The molecule has 3 aliphatic rings. The summed E-state index contributed by atoms with van der Waals surface area (Å²) in [4.78, 5) is 24.4. The lowest BCUT2D eigenvalue weighted by Crippen LogP contribution is -2.43. The maximum absolute atomic E-state index is 16.0. The number of nitrogens with zero attached hydrogens (tertiary/aromatic N) is 8. The molecule has 44 heavy (non-hydrogen) atoms. The molecule has 6 unspecified atom stereocenters. The Bertz CT molecular complexity index is 1710. The second-order valence-electron chi connectivity index (χ2n) is 10.5. The molecule has 0 aromatic carbocycles. The van der Waals surface area contributed by atoms with E-state index in [9.17, 15) is 14.2 Å². The summed E-state index contributed by atoms with van der Waals surface area (Å²) in [6.45, 7) is -4.57. The molecule has 4 aromatic rings. The molecule has 10 atom stereocenters. The fourth-order valence-electron chi connectivity index (χ4n) is 5.50. The molecule has 3 fully saturated rings. The molecule has 4 aromatic heterocycles. The maximum Gasteiger partial charge on any atom is 0.324 e. The first-order valence-electron chi connectivity index (χ1n) is 13.2. The van der Waals surface area contributed by atoms with E-state index >= 15 is 4.39 Å². The number of imidazole rings is 2. The Hall–Kier alpha value is -2.78. The smallest absolute Gasteiger partial charge is 0.324 e. The molecule has 7 rings (SSSR count). The van der Waals surface area contributed by atoms with Gasteiger partial charge in [0.25, 0.3) is 0 Å². The molecule has 0 saturated carbocycles. The van der Waals surface area contributed by atoms with Crippen LogP contribution in [0.5, 0.6) is 0 Å². The van der Waals surface area contributed by atoms with Crippen molar-refractivity contribution in [2.24, 2.45) is 0 Å². The highest BCUT2D eigenvalue weighted by Gasteiger charge is 2.52. The van der Waals surface area contributed by atoms with Gasteiger partial charge in [-0.05, 0) is 0 Å². The Labute approximate surface area is 253 Å². The fraction of sp³-hybridized carbons (Fsp3) is 0.500. The van der Waals surface area contributed by atoms with Gasteiger partial charge in [0.2, 0.25) is 15.0 Å². The highest BCUT2D eigenvalue weighted by atomic mass is 32.7. The molecule has 234 valence electrons. The average Bonchev–Trinajstić information content (AvgIpc) is 3.73. The van der Waals surface area contributed by atoms with Gasteiger partial charge in [0.05, 0.1) is 12.7 Å². The number of rotatable bonds is 2. The van der Waals surface area contributed by atoms with Crippen molar-refractivity contribution in [1.82, 2.24) is 49.2 Å². The Morgan fingerprint density at radius 1 is 0.886 bits per heavy atom. The van der Waals surface area contributed by atoms with Crippen molar-refractivity contribution in [3.05, 3.63) is 25.3 Å². The van der Waals surface area contributed by atoms with Crippen LogP contribution in [-0.2, 0) is 27.7 Å². The molecule has 0 spiro atoms. The molecular weight excluding hydrogens is 644 g/mol. The van der Waals surface area contributed by atoms with Crippen LogP contribution >= 0.6 is 26.4 Å². The molecule has 0 radical (unpaired) electrons. The van der Waals surface area contributed by atoms with Crippen LogP contribution in [0.25, 0.3) is 22.3 Å². The van der Waals surface area contributed by atoms with Gasteiger partial charge in [0.1, 0.15) is 54.2 Å². The summed E-state index contributed by atoms with van der Waals surface area (Å²) in [6.07, 6.45) is -5.44. The van der Waals surface area contributed by atoms with Crippen LogP contribution in [0, 0.1) is 0 Å². The van der Waals surface area contributed by atoms with Gasteiger partial charge in [-0.3, -0.25) is 23.4 Å². The quantitative estimate of drug-likeness (QED) is 0.0855. The van der Waals surface area contributed by atoms with Gasteiger partial charge in [-0.1, -0.05) is 12.2 Å². The highest BCUT2D eigenvalue weighted by molar-refractivity contribution is 8.45. The predicted molar refractivity (Wildman–Crippen MR) is 157 cm³/mol. The van der Waals surface area contributed by atoms with Crippen molar-refractivity contribution >= 4 is 67.9 Å². The first-order chi connectivity index (χ1) is 20.9. The number of hydrogen-bond acceptors (Lipinski definition) is 15. The van der Waals surface area contributed by atoms with E-state index in [4.69, 9.17) is 30.0 Å². The number of ether oxygens (including phenoxy) is 2. The van der Waals surface area contributed by atoms with Crippen molar-refractivity contribution in [1.29, 1.82) is 0 Å². The molecule has 19 nitrogen and oxygen atoms in total. The molecule has 7 N–H and O–H groups in total. The van der Waals surface area contributed by atoms with Crippen LogP contribution in [0.4, 0.5) is 16.0 Å². The third-order valence-corrected chi connectivity index (χ3v) is 10.8. The van der Waals surface area contributed by atoms with Crippen molar-refractivity contribution in [2.45, 2.75) is 49.1 Å². The number of nitrogen functional groups attached to an aromatic ring is 2. The highest BCUT2D eigenvalue weighted by Crippen LogP contribution is 2.53. The van der Waals surface area contributed by atoms with E-state index < -0.39 is 63.3 Å². The average molecular weight is 670 g/mol. The van der Waals surface area contributed by atoms with Crippen LogP contribution in [-0.4, -0.2) is 101 Å². The second-order valence-corrected chi connectivity index (χ2v) is 15.8. The molecule has 24 heteroatoms. The number of alkyl halides is 1. The Morgan fingerprint density at radius 3 is 2.07 bits per heavy atom. The Morgan fingerprint density at radius 2 is 1.43 bits per heavy atom. The first kappa shape index (κ1) is 29.9. The van der Waals surface area contributed by atoms with Crippen LogP contribution < -0.4 is 21.6 Å². The predicted octanol–water partition coefficient (Wildman–Crippen LogP) is -0.933. The van der Waals surface area contributed by atoms with Gasteiger partial charge in [-0.2, -0.15) is 0 Å². The molecule has 0 bridgehead atoms. The summed E-state index contributed by atoms with van der Waals surface area (Å²) < 4.78 is 69.6. The molecule has 3 aliphatic heterocycles. The van der Waals surface area contributed by atoms with Gasteiger partial charge >= 0.3 is 6.72 Å². The monoisotopic (exact) mass is 670 g/mol. The van der Waals surface area contributed by atoms with Crippen molar-refractivity contribution < 1.29 is 37.1 Å². The largest absolute Gasteiger partial charge is 0.386 e. The number of aliphatic hydroxyl groups is 1. The molecular formula is C20H26BFN12O7P2S. The number of thiol groups is 1. The first-order valence-corrected chi connectivity index (χ1v) is 18.0. The fourth-order valence-corrected chi connectivity index (χ4v) is 8.45. The molecule has 3 saturated heterocycles. The van der Waals surface area contributed by atoms with E-state index in [1.807, 2.05) is 0 Å². The number of anilines is 2. The topological polar surface area (TPSA) is 255 Å². The summed E-state index contributed by atoms with van der Waals surface area (Å²) in [5, 5.41) is 16.7. The summed E-state index contributed by atoms with van der Waals surface area (Å²) >= 11 is 4.17. The standard InChI is InChI=1S/C20H26BFN12O7P2S/c21-42(36)31-1-7-13(9(22)19(38-7)33-5-29-10-15(23)25-3-27-17(10)33)41-43(37,44)32-2-8-14(40-42)12(35)20(39-8)34-6-30-11-16(24)26-4-28-18(11)34/h3-9,12-14,19-20,35H,1-2,21H2,(H,31,36)(H2,23,25,27)(H2,24,26,28)(H2,32,37,44)/t7-,8-,9?,12?,13?,14?,19-,20-,42?,43?/m1/s1. The number of nitrogens with two attached hydrogens (primary N) is 2. The lowest BCUT2D eigenvalue weighted by atomic mass is 10.1. The number of halogens is 1. The number of nitrogens with one attached hydrogen (secondary N) is 2. The van der Waals surface area contributed by atoms with E-state index in [2.05, 4.69) is 52.3 Å². The third kappa shape index (κ3) is 5.18. The van der Waals surface area contributed by atoms with Gasteiger partial charge in [-0.15, -0.1) is 0 Å². The van der Waals surface area contributed by atoms with Gasteiger partial charge in [0, 0.05) is 13.1 Å². The zero-order valence-electron chi connectivity index (χ0n) is 22.7. The number of hydrogen-bond donors (Lipinski definition) is 6. The minimum Gasteiger partial charge on any atom is -0.386 e. The molecule has 0 amide bonds. The zero-order chi connectivity index (χ0) is 31.0. The third-order valence-electron chi connectivity index (χ3n) is 7.56. The summed E-state index contributed by atoms with van der Waals surface area (Å²) in [5.41, 5.74) is 12.8. The van der Waals surface area contributed by atoms with E-state index in [0.717, 1.165) is 0 Å². The van der Waals surface area contributed by atoms with Crippen LogP contribution in [0.1, 0.15) is 12.5 Å². The minimum atomic E-state index is -4.05. The van der Waals surface area contributed by atoms with E-state index in [-0.39, 0.29) is 47.1 Å². The normalized spacial score (nSPS) is 38.2. The Kier molecular flexibility index (Phi) is 7.43. The Balaban J connectivity index is 1.17. The van der Waals surface area contributed by atoms with Crippen molar-refractivity contribution in [3.8, 4) is 0 Å². The van der Waals surface area contributed by atoms with E-state index in [1.165, 1.54) is 42.0 Å². The second kappa shape index (κ2) is 10.9. The lowest BCUT2D eigenvalue weighted by molar-refractivity contribution is -0.0333. The summed E-state index contributed by atoms with van der Waals surface area (Å²) in [7, 11) is -2.43. The summed E-state index contributed by atoms with van der Waals surface area (Å²) in [6, 6.07) is 0.